The second-order valence-corrected chi connectivity index (χ2v) is 5.32. The zero-order valence-electron chi connectivity index (χ0n) is 10.5. The van der Waals surface area contributed by atoms with Gasteiger partial charge < -0.3 is 0 Å². The number of hydrogen-bond donors (Lipinski definition) is 0. The van der Waals surface area contributed by atoms with Crippen LogP contribution in [0, 0.1) is 17.1 Å². The molecule has 0 aromatic heterocycles. The summed E-state index contributed by atoms with van der Waals surface area (Å²) in [6, 6.07) is 7.42. The Labute approximate surface area is 107 Å². The largest absolute Gasteiger partial charge is 0.282 e. The molecule has 1 aromatic rings. The van der Waals surface area contributed by atoms with E-state index in [0.717, 1.165) is 37.1 Å². The van der Waals surface area contributed by atoms with Crippen molar-refractivity contribution in [2.75, 3.05) is 13.1 Å². The van der Waals surface area contributed by atoms with Gasteiger partial charge in [-0.3, -0.25) is 4.90 Å². The van der Waals surface area contributed by atoms with Crippen molar-refractivity contribution in [1.29, 1.82) is 5.26 Å². The van der Waals surface area contributed by atoms with Crippen molar-refractivity contribution in [2.24, 2.45) is 0 Å². The first-order valence-electron chi connectivity index (χ1n) is 6.71. The van der Waals surface area contributed by atoms with Gasteiger partial charge >= 0.3 is 0 Å². The lowest BCUT2D eigenvalue weighted by Crippen LogP contribution is -2.46. The van der Waals surface area contributed by atoms with Crippen molar-refractivity contribution >= 4 is 0 Å². The molecule has 3 heteroatoms. The molecule has 1 aromatic carbocycles. The molecule has 2 aliphatic rings. The maximum atomic E-state index is 13.3. The summed E-state index contributed by atoms with van der Waals surface area (Å²) in [6.45, 7) is 1.98. The van der Waals surface area contributed by atoms with Crippen molar-refractivity contribution in [1.82, 2.24) is 4.90 Å². The summed E-state index contributed by atoms with van der Waals surface area (Å²) in [4.78, 5) is 2.31. The van der Waals surface area contributed by atoms with E-state index >= 15 is 0 Å². The minimum Gasteiger partial charge on any atom is -0.282 e. The average molecular weight is 244 g/mol. The fourth-order valence-electron chi connectivity index (χ4n) is 3.41. The zero-order chi connectivity index (χ0) is 12.6. The monoisotopic (exact) mass is 244 g/mol. The Morgan fingerprint density at radius 2 is 2.00 bits per heavy atom. The van der Waals surface area contributed by atoms with Gasteiger partial charge in [0.2, 0.25) is 0 Å². The lowest BCUT2D eigenvalue weighted by molar-refractivity contribution is 0.110. The van der Waals surface area contributed by atoms with Gasteiger partial charge in [-0.05, 0) is 62.0 Å². The maximum absolute atomic E-state index is 13.3. The molecule has 1 heterocycles. The first kappa shape index (κ1) is 11.7. The van der Waals surface area contributed by atoms with E-state index in [-0.39, 0.29) is 5.82 Å². The van der Waals surface area contributed by atoms with Crippen LogP contribution >= 0.6 is 0 Å². The number of fused-ring (bicyclic) bond motifs is 1. The van der Waals surface area contributed by atoms with Crippen LogP contribution < -0.4 is 0 Å². The number of aryl methyl sites for hydroxylation is 1. The normalized spacial score (nSPS) is 27.8. The third-order valence-electron chi connectivity index (χ3n) is 4.35. The van der Waals surface area contributed by atoms with Crippen LogP contribution in [0.5, 0.6) is 0 Å². The van der Waals surface area contributed by atoms with Crippen LogP contribution in [0.15, 0.2) is 18.2 Å². The topological polar surface area (TPSA) is 27.0 Å². The number of piperidine rings is 1. The predicted molar refractivity (Wildman–Crippen MR) is 67.4 cm³/mol. The van der Waals surface area contributed by atoms with Gasteiger partial charge in [0.05, 0.1) is 6.07 Å². The van der Waals surface area contributed by atoms with Crippen LogP contribution in [0.4, 0.5) is 4.39 Å². The highest BCUT2D eigenvalue weighted by molar-refractivity contribution is 5.43. The minimum atomic E-state index is -0.497. The molecule has 0 bridgehead atoms. The lowest BCUT2D eigenvalue weighted by Gasteiger charge is -2.39. The maximum Gasteiger partial charge on any atom is 0.135 e. The summed E-state index contributed by atoms with van der Waals surface area (Å²) < 4.78 is 13.3. The lowest BCUT2D eigenvalue weighted by atomic mass is 9.89. The Morgan fingerprint density at radius 1 is 1.22 bits per heavy atom. The molecule has 0 spiro atoms. The molecule has 94 valence electrons. The van der Waals surface area contributed by atoms with Crippen molar-refractivity contribution in [2.45, 2.75) is 37.6 Å². The van der Waals surface area contributed by atoms with Gasteiger partial charge in [-0.25, -0.2) is 4.39 Å². The van der Waals surface area contributed by atoms with Gasteiger partial charge in [0.1, 0.15) is 11.4 Å². The summed E-state index contributed by atoms with van der Waals surface area (Å²) >= 11 is 0. The number of halogens is 1. The predicted octanol–water partition coefficient (Wildman–Crippen LogP) is 2.98. The second kappa shape index (κ2) is 4.37. The first-order valence-corrected chi connectivity index (χ1v) is 6.71. The van der Waals surface area contributed by atoms with Gasteiger partial charge in [0.15, 0.2) is 0 Å². The molecular weight excluding hydrogens is 227 g/mol. The SMILES string of the molecule is N#CC1(N2CCCCC2)CCc2cc(F)ccc21. The van der Waals surface area contributed by atoms with Crippen LogP contribution in [0.1, 0.15) is 36.8 Å². The fourth-order valence-corrected chi connectivity index (χ4v) is 3.41. The van der Waals surface area contributed by atoms with E-state index in [1.54, 1.807) is 6.07 Å². The van der Waals surface area contributed by atoms with E-state index < -0.39 is 5.54 Å². The molecular formula is C15H17FN2. The summed E-state index contributed by atoms with van der Waals surface area (Å²) in [5.74, 6) is -0.193. The van der Waals surface area contributed by atoms with Crippen LogP contribution in [0.3, 0.4) is 0 Å². The van der Waals surface area contributed by atoms with Gasteiger partial charge in [0, 0.05) is 0 Å². The molecule has 3 rings (SSSR count). The van der Waals surface area contributed by atoms with Crippen molar-refractivity contribution in [3.05, 3.63) is 35.1 Å². The van der Waals surface area contributed by atoms with Gasteiger partial charge in [0.25, 0.3) is 0 Å². The second-order valence-electron chi connectivity index (χ2n) is 5.32. The molecule has 1 atom stereocenters. The van der Waals surface area contributed by atoms with E-state index in [1.165, 1.54) is 25.3 Å². The van der Waals surface area contributed by atoms with Crippen LogP contribution in [-0.2, 0) is 12.0 Å². The smallest absolute Gasteiger partial charge is 0.135 e. The number of benzene rings is 1. The zero-order valence-corrected chi connectivity index (χ0v) is 10.5. The van der Waals surface area contributed by atoms with Crippen molar-refractivity contribution in [3.8, 4) is 6.07 Å². The third kappa shape index (κ3) is 1.64. The van der Waals surface area contributed by atoms with E-state index in [1.807, 2.05) is 6.07 Å². The Hall–Kier alpha value is -1.40. The molecule has 0 N–H and O–H groups in total. The molecule has 1 unspecified atom stereocenters. The van der Waals surface area contributed by atoms with E-state index in [0.29, 0.717) is 0 Å². The van der Waals surface area contributed by atoms with Crippen LogP contribution in [0.2, 0.25) is 0 Å². The van der Waals surface area contributed by atoms with E-state index in [9.17, 15) is 9.65 Å². The molecule has 1 aliphatic heterocycles. The van der Waals surface area contributed by atoms with E-state index in [2.05, 4.69) is 11.0 Å². The fraction of sp³-hybridized carbons (Fsp3) is 0.533. The van der Waals surface area contributed by atoms with Crippen molar-refractivity contribution in [3.63, 3.8) is 0 Å². The third-order valence-corrected chi connectivity index (χ3v) is 4.35. The quantitative estimate of drug-likeness (QED) is 0.759. The highest BCUT2D eigenvalue weighted by atomic mass is 19.1. The van der Waals surface area contributed by atoms with Gasteiger partial charge in [-0.1, -0.05) is 12.5 Å². The van der Waals surface area contributed by atoms with Gasteiger partial charge in [-0.2, -0.15) is 5.26 Å². The molecule has 1 aliphatic carbocycles. The summed E-state index contributed by atoms with van der Waals surface area (Å²) in [7, 11) is 0. The molecule has 0 amide bonds. The highest BCUT2D eigenvalue weighted by Crippen LogP contribution is 2.42. The molecule has 2 nitrogen and oxygen atoms in total. The summed E-state index contributed by atoms with van der Waals surface area (Å²) in [6.07, 6.45) is 5.22. The van der Waals surface area contributed by atoms with Gasteiger partial charge in [-0.15, -0.1) is 0 Å². The Balaban J connectivity index is 2.02. The Kier molecular flexibility index (Phi) is 2.83. The first-order chi connectivity index (χ1) is 8.76. The molecule has 0 radical (unpaired) electrons. The number of rotatable bonds is 1. The van der Waals surface area contributed by atoms with Crippen molar-refractivity contribution < 1.29 is 4.39 Å². The van der Waals surface area contributed by atoms with Crippen LogP contribution in [-0.4, -0.2) is 18.0 Å². The molecule has 1 saturated heterocycles. The summed E-state index contributed by atoms with van der Waals surface area (Å²) in [5, 5.41) is 9.70. The minimum absolute atomic E-state index is 0.193. The standard InChI is InChI=1S/C15H17FN2/c16-13-4-5-14-12(10-13)6-7-15(14,11-17)18-8-2-1-3-9-18/h4-5,10H,1-3,6-9H2. The number of nitriles is 1. The molecule has 0 saturated carbocycles. The molecule has 1 fully saturated rings. The van der Waals surface area contributed by atoms with Crippen LogP contribution in [0.25, 0.3) is 0 Å². The Morgan fingerprint density at radius 3 is 2.72 bits per heavy atom. The average Bonchev–Trinajstić information content (AvgIpc) is 2.79. The number of nitrogens with zero attached hydrogens (tertiary/aromatic N) is 2. The number of hydrogen-bond acceptors (Lipinski definition) is 2. The Bertz CT molecular complexity index is 500. The van der Waals surface area contributed by atoms with E-state index in [4.69, 9.17) is 0 Å². The molecule has 18 heavy (non-hydrogen) atoms. The highest BCUT2D eigenvalue weighted by Gasteiger charge is 2.44. The number of likely N-dealkylation sites (tertiary alicyclic amines) is 1. The summed E-state index contributed by atoms with van der Waals surface area (Å²) in [5.41, 5.74) is 1.55.